The minimum atomic E-state index is -0.0447. The fraction of sp³-hybridized carbons (Fsp3) is 0.421. The van der Waals surface area contributed by atoms with Crippen molar-refractivity contribution in [2.45, 2.75) is 26.7 Å². The third-order valence-corrected chi connectivity index (χ3v) is 4.49. The van der Waals surface area contributed by atoms with Crippen molar-refractivity contribution >= 4 is 23.1 Å². The molecule has 1 aliphatic rings. The Morgan fingerprint density at radius 2 is 1.84 bits per heavy atom. The van der Waals surface area contributed by atoms with Crippen molar-refractivity contribution in [1.82, 2.24) is 9.97 Å². The van der Waals surface area contributed by atoms with Gasteiger partial charge in [0.25, 0.3) is 0 Å². The highest BCUT2D eigenvalue weighted by Gasteiger charge is 2.21. The summed E-state index contributed by atoms with van der Waals surface area (Å²) in [5.41, 5.74) is 3.26. The molecule has 25 heavy (non-hydrogen) atoms. The molecule has 0 saturated carbocycles. The first-order valence-corrected chi connectivity index (χ1v) is 8.72. The first-order chi connectivity index (χ1) is 12.0. The van der Waals surface area contributed by atoms with Crippen molar-refractivity contribution in [3.63, 3.8) is 0 Å². The van der Waals surface area contributed by atoms with Crippen molar-refractivity contribution in [2.75, 3.05) is 41.3 Å². The molecular formula is C19H25N5O. The van der Waals surface area contributed by atoms with Gasteiger partial charge in [-0.2, -0.15) is 0 Å². The van der Waals surface area contributed by atoms with E-state index in [0.717, 1.165) is 43.4 Å². The molecule has 1 aromatic heterocycles. The van der Waals surface area contributed by atoms with Crippen molar-refractivity contribution in [3.05, 3.63) is 42.4 Å². The Balaban J connectivity index is 1.79. The molecule has 1 amide bonds. The van der Waals surface area contributed by atoms with E-state index in [-0.39, 0.29) is 5.91 Å². The second-order valence-corrected chi connectivity index (χ2v) is 6.65. The van der Waals surface area contributed by atoms with Crippen LogP contribution in [0.15, 0.2) is 36.8 Å². The van der Waals surface area contributed by atoms with Crippen molar-refractivity contribution < 1.29 is 4.79 Å². The van der Waals surface area contributed by atoms with E-state index >= 15 is 0 Å². The van der Waals surface area contributed by atoms with Gasteiger partial charge in [0.2, 0.25) is 5.91 Å². The molecule has 6 heteroatoms. The van der Waals surface area contributed by atoms with Crippen LogP contribution in [0.5, 0.6) is 0 Å². The van der Waals surface area contributed by atoms with E-state index in [9.17, 15) is 4.79 Å². The second kappa shape index (κ2) is 7.51. The number of anilines is 3. The predicted octanol–water partition coefficient (Wildman–Crippen LogP) is 2.89. The van der Waals surface area contributed by atoms with Crippen LogP contribution in [0.25, 0.3) is 0 Å². The van der Waals surface area contributed by atoms with Gasteiger partial charge in [0.1, 0.15) is 5.82 Å². The Labute approximate surface area is 148 Å². The van der Waals surface area contributed by atoms with Gasteiger partial charge in [0, 0.05) is 45.5 Å². The van der Waals surface area contributed by atoms with Crippen LogP contribution < -0.4 is 15.1 Å². The molecule has 6 nitrogen and oxygen atoms in total. The van der Waals surface area contributed by atoms with Crippen LogP contribution in [0, 0.1) is 0 Å². The van der Waals surface area contributed by atoms with Gasteiger partial charge in [0.15, 0.2) is 0 Å². The highest BCUT2D eigenvalue weighted by atomic mass is 16.1. The van der Waals surface area contributed by atoms with Gasteiger partial charge in [-0.15, -0.1) is 0 Å². The third kappa shape index (κ3) is 4.07. The summed E-state index contributed by atoms with van der Waals surface area (Å²) in [6.45, 7) is 9.43. The summed E-state index contributed by atoms with van der Waals surface area (Å²) in [5.74, 6) is 1.32. The number of carbonyl (C=O) groups is 1. The number of hydrogen-bond donors (Lipinski definition) is 1. The molecule has 0 atom stereocenters. The molecule has 132 valence electrons. The number of aromatic nitrogens is 2. The van der Waals surface area contributed by atoms with Crippen LogP contribution in [0.2, 0.25) is 0 Å². The number of nitrogens with one attached hydrogen (secondary N) is 1. The van der Waals surface area contributed by atoms with Gasteiger partial charge < -0.3 is 15.1 Å². The summed E-state index contributed by atoms with van der Waals surface area (Å²) < 4.78 is 0. The molecule has 2 heterocycles. The smallest absolute Gasteiger partial charge is 0.221 e. The quantitative estimate of drug-likeness (QED) is 0.928. The lowest BCUT2D eigenvalue weighted by Gasteiger charge is -2.37. The molecule has 0 aliphatic carbocycles. The number of carbonyl (C=O) groups excluding carboxylic acids is 1. The Morgan fingerprint density at radius 3 is 2.44 bits per heavy atom. The van der Waals surface area contributed by atoms with E-state index in [4.69, 9.17) is 0 Å². The summed E-state index contributed by atoms with van der Waals surface area (Å²) in [5, 5.41) is 2.96. The first-order valence-electron chi connectivity index (χ1n) is 8.72. The van der Waals surface area contributed by atoms with Crippen molar-refractivity contribution in [3.8, 4) is 0 Å². The van der Waals surface area contributed by atoms with Crippen molar-refractivity contribution in [1.29, 1.82) is 0 Å². The summed E-state index contributed by atoms with van der Waals surface area (Å²) in [6, 6.07) is 6.31. The molecule has 1 saturated heterocycles. The average molecular weight is 339 g/mol. The average Bonchev–Trinajstić information content (AvgIpc) is 2.62. The van der Waals surface area contributed by atoms with E-state index in [1.54, 1.807) is 25.5 Å². The van der Waals surface area contributed by atoms with E-state index < -0.39 is 0 Å². The first kappa shape index (κ1) is 17.2. The van der Waals surface area contributed by atoms with Gasteiger partial charge in [-0.3, -0.25) is 9.78 Å². The lowest BCUT2D eigenvalue weighted by molar-refractivity contribution is -0.114. The third-order valence-electron chi connectivity index (χ3n) is 4.49. The molecule has 0 radical (unpaired) electrons. The number of rotatable bonds is 4. The maximum absolute atomic E-state index is 11.6. The molecule has 0 spiro atoms. The van der Waals surface area contributed by atoms with Crippen LogP contribution in [0.1, 0.15) is 32.3 Å². The normalized spacial score (nSPS) is 14.7. The van der Waals surface area contributed by atoms with Crippen molar-refractivity contribution in [2.24, 2.45) is 0 Å². The number of amides is 1. The molecule has 0 bridgehead atoms. The van der Waals surface area contributed by atoms with E-state index in [2.05, 4.69) is 51.1 Å². The van der Waals surface area contributed by atoms with Gasteiger partial charge in [-0.05, 0) is 23.6 Å². The Bertz CT molecular complexity index is 724. The summed E-state index contributed by atoms with van der Waals surface area (Å²) in [7, 11) is 0. The number of hydrogen-bond acceptors (Lipinski definition) is 5. The molecule has 1 aromatic carbocycles. The highest BCUT2D eigenvalue weighted by Crippen LogP contribution is 2.31. The fourth-order valence-electron chi connectivity index (χ4n) is 3.10. The highest BCUT2D eigenvalue weighted by molar-refractivity contribution is 5.93. The monoisotopic (exact) mass is 339 g/mol. The zero-order chi connectivity index (χ0) is 17.8. The molecule has 2 aromatic rings. The van der Waals surface area contributed by atoms with E-state index in [0.29, 0.717) is 5.92 Å². The molecular weight excluding hydrogens is 314 g/mol. The number of benzene rings is 1. The molecule has 1 fully saturated rings. The topological polar surface area (TPSA) is 61.4 Å². The summed E-state index contributed by atoms with van der Waals surface area (Å²) >= 11 is 0. The fourth-order valence-corrected chi connectivity index (χ4v) is 3.10. The van der Waals surface area contributed by atoms with Crippen LogP contribution in [0.4, 0.5) is 17.2 Å². The Morgan fingerprint density at radius 1 is 1.12 bits per heavy atom. The van der Waals surface area contributed by atoms with Gasteiger partial charge in [-0.25, -0.2) is 4.98 Å². The van der Waals surface area contributed by atoms with Gasteiger partial charge in [0.05, 0.1) is 17.6 Å². The summed E-state index contributed by atoms with van der Waals surface area (Å²) in [6.07, 6.45) is 5.22. The largest absolute Gasteiger partial charge is 0.366 e. The van der Waals surface area contributed by atoms with Gasteiger partial charge >= 0.3 is 0 Å². The molecule has 1 N–H and O–H groups in total. The van der Waals surface area contributed by atoms with E-state index in [1.165, 1.54) is 5.56 Å². The van der Waals surface area contributed by atoms with Crippen LogP contribution in [0.3, 0.4) is 0 Å². The zero-order valence-electron chi connectivity index (χ0n) is 15.1. The van der Waals surface area contributed by atoms with Crippen LogP contribution in [-0.2, 0) is 4.79 Å². The molecule has 0 unspecified atom stereocenters. The lowest BCUT2D eigenvalue weighted by Crippen LogP contribution is -2.47. The number of nitrogens with zero attached hydrogens (tertiary/aromatic N) is 4. The SMILES string of the molecule is CC(=O)Nc1ccc(C(C)C)cc1N1CCN(c2cnccn2)CC1. The standard InChI is InChI=1S/C19H25N5O/c1-14(2)16-4-5-17(22-15(3)25)18(12-16)23-8-10-24(11-9-23)19-13-20-6-7-21-19/h4-7,12-14H,8-11H2,1-3H3,(H,22,25). The zero-order valence-corrected chi connectivity index (χ0v) is 15.1. The van der Waals surface area contributed by atoms with Crippen LogP contribution in [-0.4, -0.2) is 42.1 Å². The Hall–Kier alpha value is -2.63. The predicted molar refractivity (Wildman–Crippen MR) is 101 cm³/mol. The minimum absolute atomic E-state index is 0.0447. The lowest BCUT2D eigenvalue weighted by atomic mass is 10.0. The second-order valence-electron chi connectivity index (χ2n) is 6.65. The minimum Gasteiger partial charge on any atom is -0.366 e. The Kier molecular flexibility index (Phi) is 5.16. The maximum atomic E-state index is 11.6. The summed E-state index contributed by atoms with van der Waals surface area (Å²) in [4.78, 5) is 24.7. The number of piperazine rings is 1. The maximum Gasteiger partial charge on any atom is 0.221 e. The van der Waals surface area contributed by atoms with Crippen LogP contribution >= 0.6 is 0 Å². The van der Waals surface area contributed by atoms with E-state index in [1.807, 2.05) is 6.07 Å². The van der Waals surface area contributed by atoms with Gasteiger partial charge in [-0.1, -0.05) is 19.9 Å². The molecule has 3 rings (SSSR count). The molecule has 1 aliphatic heterocycles.